The molecule has 0 amide bonds. The van der Waals surface area contributed by atoms with Gasteiger partial charge >= 0.3 is 0 Å². The molecule has 0 bridgehead atoms. The Labute approximate surface area is 148 Å². The lowest BCUT2D eigenvalue weighted by atomic mass is 10.2. The van der Waals surface area contributed by atoms with E-state index in [1.165, 1.54) is 23.9 Å². The zero-order chi connectivity index (χ0) is 17.8. The van der Waals surface area contributed by atoms with Crippen molar-refractivity contribution in [2.24, 2.45) is 0 Å². The van der Waals surface area contributed by atoms with Gasteiger partial charge in [0.05, 0.1) is 34.8 Å². The molecule has 0 atom stereocenters. The number of methoxy groups -OCH3 is 1. The number of hydrogen-bond acceptors (Lipinski definition) is 6. The van der Waals surface area contributed by atoms with Crippen molar-refractivity contribution in [3.8, 4) is 17.5 Å². The van der Waals surface area contributed by atoms with E-state index in [2.05, 4.69) is 11.1 Å². The Kier molecular flexibility index (Phi) is 4.86. The van der Waals surface area contributed by atoms with Gasteiger partial charge in [-0.15, -0.1) is 0 Å². The van der Waals surface area contributed by atoms with Gasteiger partial charge in [0.1, 0.15) is 5.75 Å². The summed E-state index contributed by atoms with van der Waals surface area (Å²) in [5, 5.41) is 20.5. The fourth-order valence-corrected chi connectivity index (χ4v) is 3.36. The number of hydrogen-bond donors (Lipinski definition) is 0. The molecule has 0 aliphatic carbocycles. The molecule has 0 spiro atoms. The van der Waals surface area contributed by atoms with Gasteiger partial charge in [-0.05, 0) is 18.2 Å². The molecule has 0 fully saturated rings. The van der Waals surface area contributed by atoms with Gasteiger partial charge in [-0.25, -0.2) is 4.98 Å². The van der Waals surface area contributed by atoms with Gasteiger partial charge in [0.2, 0.25) is 0 Å². The lowest BCUT2D eigenvalue weighted by Gasteiger charge is -2.12. The van der Waals surface area contributed by atoms with Crippen LogP contribution in [0, 0.1) is 21.4 Å². The van der Waals surface area contributed by atoms with Gasteiger partial charge in [0, 0.05) is 24.3 Å². The predicted octanol–water partition coefficient (Wildman–Crippen LogP) is 3.95. The molecule has 0 radical (unpaired) electrons. The topological polar surface area (TPSA) is 94.0 Å². The normalized spacial score (nSPS) is 10.6. The number of para-hydroxylation sites is 2. The molecular weight excluding hydrogens is 340 g/mol. The highest BCUT2D eigenvalue weighted by atomic mass is 32.2. The summed E-state index contributed by atoms with van der Waals surface area (Å²) in [7, 11) is 1.59. The van der Waals surface area contributed by atoms with Gasteiger partial charge in [-0.1, -0.05) is 23.9 Å². The molecule has 1 aromatic heterocycles. The van der Waals surface area contributed by atoms with Crippen LogP contribution in [-0.2, 0) is 0 Å². The molecular formula is C17H14N4O3S. The van der Waals surface area contributed by atoms with Crippen molar-refractivity contribution in [3.05, 3.63) is 52.6 Å². The van der Waals surface area contributed by atoms with Gasteiger partial charge < -0.3 is 4.74 Å². The van der Waals surface area contributed by atoms with Crippen LogP contribution in [-0.4, -0.2) is 27.3 Å². The quantitative estimate of drug-likeness (QED) is 0.288. The van der Waals surface area contributed by atoms with Crippen molar-refractivity contribution in [1.29, 1.82) is 5.26 Å². The van der Waals surface area contributed by atoms with Crippen LogP contribution >= 0.6 is 11.8 Å². The van der Waals surface area contributed by atoms with Crippen LogP contribution in [0.15, 0.2) is 47.6 Å². The Balaban J connectivity index is 2.21. The van der Waals surface area contributed by atoms with Gasteiger partial charge in [0.25, 0.3) is 5.69 Å². The van der Waals surface area contributed by atoms with Crippen molar-refractivity contribution in [1.82, 2.24) is 9.55 Å². The van der Waals surface area contributed by atoms with E-state index in [4.69, 9.17) is 10.00 Å². The van der Waals surface area contributed by atoms with Crippen LogP contribution in [0.2, 0.25) is 0 Å². The molecule has 0 saturated heterocycles. The molecule has 0 aliphatic rings. The molecule has 1 heterocycles. The number of imidazole rings is 1. The summed E-state index contributed by atoms with van der Waals surface area (Å²) < 4.78 is 7.34. The number of nitro benzene ring substituents is 1. The van der Waals surface area contributed by atoms with E-state index in [1.807, 2.05) is 28.8 Å². The summed E-state index contributed by atoms with van der Waals surface area (Å²) in [6.07, 6.45) is 0.389. The second kappa shape index (κ2) is 7.23. The maximum atomic E-state index is 11.0. The summed E-state index contributed by atoms with van der Waals surface area (Å²) in [6, 6.07) is 14.2. The molecule has 126 valence electrons. The predicted molar refractivity (Wildman–Crippen MR) is 95.2 cm³/mol. The summed E-state index contributed by atoms with van der Waals surface area (Å²) in [4.78, 5) is 15.1. The number of benzene rings is 2. The SMILES string of the molecule is COc1ccccc1-n1c(SCCC#N)nc2cc([N+](=O)[O-])ccc21. The average molecular weight is 354 g/mol. The monoisotopic (exact) mass is 354 g/mol. The van der Waals surface area contributed by atoms with Crippen LogP contribution in [0.3, 0.4) is 0 Å². The zero-order valence-corrected chi connectivity index (χ0v) is 14.2. The summed E-state index contributed by atoms with van der Waals surface area (Å²) in [5.74, 6) is 1.25. The number of nitriles is 1. The molecule has 0 aliphatic heterocycles. The average Bonchev–Trinajstić information content (AvgIpc) is 2.99. The Hall–Kier alpha value is -3.05. The molecule has 8 heteroatoms. The summed E-state index contributed by atoms with van der Waals surface area (Å²) >= 11 is 1.43. The third kappa shape index (κ3) is 3.27. The largest absolute Gasteiger partial charge is 0.495 e. The number of aromatic nitrogens is 2. The summed E-state index contributed by atoms with van der Waals surface area (Å²) in [6.45, 7) is 0. The molecule has 25 heavy (non-hydrogen) atoms. The van der Waals surface area contributed by atoms with Crippen LogP contribution in [0.4, 0.5) is 5.69 Å². The van der Waals surface area contributed by atoms with Gasteiger partial charge in [0.15, 0.2) is 5.16 Å². The first-order valence-corrected chi connectivity index (χ1v) is 8.44. The van der Waals surface area contributed by atoms with E-state index in [1.54, 1.807) is 13.2 Å². The number of thioether (sulfide) groups is 1. The summed E-state index contributed by atoms with van der Waals surface area (Å²) in [5.41, 5.74) is 2.06. The Morgan fingerprint density at radius 2 is 2.16 bits per heavy atom. The Morgan fingerprint density at radius 3 is 2.88 bits per heavy atom. The van der Waals surface area contributed by atoms with Crippen molar-refractivity contribution in [2.75, 3.05) is 12.9 Å². The Morgan fingerprint density at radius 1 is 1.36 bits per heavy atom. The van der Waals surface area contributed by atoms with E-state index in [0.29, 0.717) is 28.6 Å². The number of fused-ring (bicyclic) bond motifs is 1. The fourth-order valence-electron chi connectivity index (χ4n) is 2.49. The standard InChI is InChI=1S/C17H14N4O3S/c1-24-16-6-3-2-5-15(16)20-14-8-7-12(21(22)23)11-13(14)19-17(20)25-10-4-9-18/h2-3,5-8,11H,4,10H2,1H3. The molecule has 0 N–H and O–H groups in total. The second-order valence-corrected chi connectivity index (χ2v) is 6.15. The lowest BCUT2D eigenvalue weighted by molar-refractivity contribution is -0.384. The van der Waals surface area contributed by atoms with E-state index < -0.39 is 4.92 Å². The van der Waals surface area contributed by atoms with Crippen molar-refractivity contribution < 1.29 is 9.66 Å². The highest BCUT2D eigenvalue weighted by molar-refractivity contribution is 7.99. The maximum absolute atomic E-state index is 11.0. The van der Waals surface area contributed by atoms with Crippen LogP contribution in [0.1, 0.15) is 6.42 Å². The first-order chi connectivity index (χ1) is 12.2. The van der Waals surface area contributed by atoms with Crippen molar-refractivity contribution in [3.63, 3.8) is 0 Å². The Bertz CT molecular complexity index is 978. The van der Waals surface area contributed by atoms with E-state index in [9.17, 15) is 10.1 Å². The third-order valence-electron chi connectivity index (χ3n) is 3.59. The van der Waals surface area contributed by atoms with Crippen molar-refractivity contribution in [2.45, 2.75) is 11.6 Å². The van der Waals surface area contributed by atoms with Crippen LogP contribution in [0.5, 0.6) is 5.75 Å². The number of non-ortho nitro benzene ring substituents is 1. The van der Waals surface area contributed by atoms with Gasteiger partial charge in [-0.2, -0.15) is 5.26 Å². The van der Waals surface area contributed by atoms with E-state index in [-0.39, 0.29) is 5.69 Å². The fraction of sp³-hybridized carbons (Fsp3) is 0.176. The van der Waals surface area contributed by atoms with E-state index >= 15 is 0 Å². The molecule has 0 saturated carbocycles. The van der Waals surface area contributed by atoms with Crippen LogP contribution < -0.4 is 4.74 Å². The number of rotatable bonds is 6. The molecule has 0 unspecified atom stereocenters. The first kappa shape index (κ1) is 16.8. The lowest BCUT2D eigenvalue weighted by Crippen LogP contribution is -2.00. The molecule has 3 aromatic rings. The molecule has 7 nitrogen and oxygen atoms in total. The number of nitro groups is 1. The minimum atomic E-state index is -0.440. The first-order valence-electron chi connectivity index (χ1n) is 7.45. The smallest absolute Gasteiger partial charge is 0.271 e. The molecule has 3 rings (SSSR count). The zero-order valence-electron chi connectivity index (χ0n) is 13.4. The van der Waals surface area contributed by atoms with E-state index in [0.717, 1.165) is 11.2 Å². The maximum Gasteiger partial charge on any atom is 0.271 e. The minimum Gasteiger partial charge on any atom is -0.495 e. The highest BCUT2D eigenvalue weighted by Gasteiger charge is 2.18. The third-order valence-corrected chi connectivity index (χ3v) is 4.53. The molecule has 2 aromatic carbocycles. The number of nitrogens with zero attached hydrogens (tertiary/aromatic N) is 4. The minimum absolute atomic E-state index is 0.00856. The van der Waals surface area contributed by atoms with Crippen molar-refractivity contribution >= 4 is 28.5 Å². The second-order valence-electron chi connectivity index (χ2n) is 5.09. The van der Waals surface area contributed by atoms with Crippen LogP contribution in [0.25, 0.3) is 16.7 Å². The highest BCUT2D eigenvalue weighted by Crippen LogP contribution is 2.33. The number of ether oxygens (including phenoxy) is 1. The van der Waals surface area contributed by atoms with Gasteiger partial charge in [-0.3, -0.25) is 14.7 Å².